The number of hydrogen-bond donors (Lipinski definition) is 1. The number of anilines is 1. The highest BCUT2D eigenvalue weighted by atomic mass is 15.1. The van der Waals surface area contributed by atoms with E-state index < -0.39 is 0 Å². The highest BCUT2D eigenvalue weighted by Crippen LogP contribution is 2.28. The molecule has 1 aliphatic heterocycles. The summed E-state index contributed by atoms with van der Waals surface area (Å²) in [5.74, 6) is 0. The van der Waals surface area contributed by atoms with E-state index in [1.807, 2.05) is 12.4 Å². The minimum absolute atomic E-state index is 0.219. The van der Waals surface area contributed by atoms with Gasteiger partial charge in [-0.15, -0.1) is 0 Å². The van der Waals surface area contributed by atoms with Crippen molar-refractivity contribution in [2.24, 2.45) is 0 Å². The molecule has 1 aliphatic rings. The summed E-state index contributed by atoms with van der Waals surface area (Å²) in [6.45, 7) is 8.83. The molecule has 0 bridgehead atoms. The van der Waals surface area contributed by atoms with Crippen LogP contribution in [-0.2, 0) is 11.8 Å². The lowest BCUT2D eigenvalue weighted by molar-refractivity contribution is 0.590. The van der Waals surface area contributed by atoms with Crippen LogP contribution >= 0.6 is 0 Å². The van der Waals surface area contributed by atoms with Crippen LogP contribution in [0.4, 0.5) is 5.69 Å². The van der Waals surface area contributed by atoms with Gasteiger partial charge in [-0.25, -0.2) is 4.98 Å². The fraction of sp³-hybridized carbons (Fsp3) is 0.348. The SMILES string of the molecule is CC(C)(C)c1ccc(CC2=CCN(c3ccnc4[nH]ccc34)CC2)cc1. The van der Waals surface area contributed by atoms with Crippen LogP contribution in [-0.4, -0.2) is 23.1 Å². The van der Waals surface area contributed by atoms with Crippen LogP contribution in [0.2, 0.25) is 0 Å². The van der Waals surface area contributed by atoms with Gasteiger partial charge in [0.2, 0.25) is 0 Å². The summed E-state index contributed by atoms with van der Waals surface area (Å²) in [4.78, 5) is 10.0. The second kappa shape index (κ2) is 6.64. The molecule has 0 saturated carbocycles. The topological polar surface area (TPSA) is 31.9 Å². The summed E-state index contributed by atoms with van der Waals surface area (Å²) < 4.78 is 0. The largest absolute Gasteiger partial charge is 0.367 e. The molecule has 3 nitrogen and oxygen atoms in total. The molecule has 134 valence electrons. The van der Waals surface area contributed by atoms with E-state index in [4.69, 9.17) is 0 Å². The van der Waals surface area contributed by atoms with Crippen molar-refractivity contribution in [3.05, 3.63) is 71.6 Å². The predicted molar refractivity (Wildman–Crippen MR) is 110 cm³/mol. The Kier molecular flexibility index (Phi) is 4.31. The van der Waals surface area contributed by atoms with Crippen LogP contribution in [0.5, 0.6) is 0 Å². The van der Waals surface area contributed by atoms with Gasteiger partial charge in [0.1, 0.15) is 5.65 Å². The summed E-state index contributed by atoms with van der Waals surface area (Å²) in [5.41, 5.74) is 6.83. The van der Waals surface area contributed by atoms with Crippen LogP contribution in [0.1, 0.15) is 38.3 Å². The second-order valence-corrected chi connectivity index (χ2v) is 8.25. The van der Waals surface area contributed by atoms with Gasteiger partial charge in [0.25, 0.3) is 0 Å². The Morgan fingerprint density at radius 2 is 1.88 bits per heavy atom. The van der Waals surface area contributed by atoms with Gasteiger partial charge >= 0.3 is 0 Å². The monoisotopic (exact) mass is 345 g/mol. The molecule has 3 heterocycles. The lowest BCUT2D eigenvalue weighted by Crippen LogP contribution is -2.29. The zero-order valence-corrected chi connectivity index (χ0v) is 15.9. The molecule has 4 rings (SSSR count). The van der Waals surface area contributed by atoms with Crippen LogP contribution in [0, 0.1) is 0 Å². The van der Waals surface area contributed by atoms with E-state index in [9.17, 15) is 0 Å². The lowest BCUT2D eigenvalue weighted by Gasteiger charge is -2.29. The molecule has 0 amide bonds. The highest BCUT2D eigenvalue weighted by Gasteiger charge is 2.16. The predicted octanol–water partition coefficient (Wildman–Crippen LogP) is 5.24. The van der Waals surface area contributed by atoms with Gasteiger partial charge in [-0.05, 0) is 41.5 Å². The van der Waals surface area contributed by atoms with Gasteiger partial charge in [-0.1, -0.05) is 56.7 Å². The molecule has 0 spiro atoms. The van der Waals surface area contributed by atoms with Gasteiger partial charge in [0.15, 0.2) is 0 Å². The van der Waals surface area contributed by atoms with Gasteiger partial charge in [-0.3, -0.25) is 0 Å². The van der Waals surface area contributed by atoms with Gasteiger partial charge in [0, 0.05) is 36.6 Å². The van der Waals surface area contributed by atoms with E-state index in [1.54, 1.807) is 5.57 Å². The number of hydrogen-bond acceptors (Lipinski definition) is 2. The Balaban J connectivity index is 1.45. The Morgan fingerprint density at radius 3 is 2.58 bits per heavy atom. The second-order valence-electron chi connectivity index (χ2n) is 8.25. The van der Waals surface area contributed by atoms with E-state index in [-0.39, 0.29) is 5.41 Å². The molecule has 1 aromatic carbocycles. The Hall–Kier alpha value is -2.55. The quantitative estimate of drug-likeness (QED) is 0.658. The average molecular weight is 345 g/mol. The maximum absolute atomic E-state index is 4.39. The van der Waals surface area contributed by atoms with Crippen LogP contribution < -0.4 is 4.90 Å². The number of H-pyrrole nitrogens is 1. The van der Waals surface area contributed by atoms with Crippen molar-refractivity contribution in [2.75, 3.05) is 18.0 Å². The first kappa shape index (κ1) is 16.9. The third-order valence-corrected chi connectivity index (χ3v) is 5.33. The zero-order chi connectivity index (χ0) is 18.1. The number of aromatic nitrogens is 2. The van der Waals surface area contributed by atoms with Crippen LogP contribution in [0.15, 0.2) is 60.4 Å². The van der Waals surface area contributed by atoms with Crippen molar-refractivity contribution in [1.29, 1.82) is 0 Å². The average Bonchev–Trinajstić information content (AvgIpc) is 3.11. The highest BCUT2D eigenvalue weighted by molar-refractivity contribution is 5.89. The van der Waals surface area contributed by atoms with Crippen molar-refractivity contribution in [2.45, 2.75) is 39.0 Å². The minimum atomic E-state index is 0.219. The molecule has 0 radical (unpaired) electrons. The van der Waals surface area contributed by atoms with Gasteiger partial charge in [-0.2, -0.15) is 0 Å². The molecule has 0 unspecified atom stereocenters. The molecule has 2 aromatic heterocycles. The van der Waals surface area contributed by atoms with Crippen LogP contribution in [0.25, 0.3) is 11.0 Å². The van der Waals surface area contributed by atoms with Crippen molar-refractivity contribution in [1.82, 2.24) is 9.97 Å². The van der Waals surface area contributed by atoms with E-state index in [0.717, 1.165) is 31.6 Å². The number of rotatable bonds is 3. The molecule has 0 atom stereocenters. The number of nitrogens with zero attached hydrogens (tertiary/aromatic N) is 2. The number of fused-ring (bicyclic) bond motifs is 1. The number of pyridine rings is 1. The third-order valence-electron chi connectivity index (χ3n) is 5.33. The summed E-state index contributed by atoms with van der Waals surface area (Å²) in [7, 11) is 0. The molecule has 1 N–H and O–H groups in total. The maximum Gasteiger partial charge on any atom is 0.139 e. The summed E-state index contributed by atoms with van der Waals surface area (Å²) >= 11 is 0. The summed E-state index contributed by atoms with van der Waals surface area (Å²) in [5, 5.41) is 1.21. The summed E-state index contributed by atoms with van der Waals surface area (Å²) in [6, 6.07) is 13.4. The van der Waals surface area contributed by atoms with E-state index in [2.05, 4.69) is 78.1 Å². The van der Waals surface area contributed by atoms with Crippen molar-refractivity contribution >= 4 is 16.7 Å². The van der Waals surface area contributed by atoms with E-state index in [0.29, 0.717) is 0 Å². The first-order chi connectivity index (χ1) is 12.5. The Labute approximate surface area is 155 Å². The Bertz CT molecular complexity index is 926. The maximum atomic E-state index is 4.39. The lowest BCUT2D eigenvalue weighted by atomic mass is 9.86. The van der Waals surface area contributed by atoms with Crippen LogP contribution in [0.3, 0.4) is 0 Å². The fourth-order valence-corrected chi connectivity index (χ4v) is 3.70. The molecular formula is C23H27N3. The number of benzene rings is 1. The standard InChI is InChI=1S/C23H27N3/c1-23(2,3)19-6-4-17(5-7-19)16-18-10-14-26(15-11-18)21-9-13-25-22-20(21)8-12-24-22/h4-10,12-13H,11,14-16H2,1-3H3,(H,24,25). The first-order valence-electron chi connectivity index (χ1n) is 9.45. The van der Waals surface area contributed by atoms with Crippen molar-refractivity contribution < 1.29 is 0 Å². The number of nitrogens with one attached hydrogen (secondary N) is 1. The number of aromatic amines is 1. The third kappa shape index (κ3) is 3.39. The molecular weight excluding hydrogens is 318 g/mol. The molecule has 26 heavy (non-hydrogen) atoms. The van der Waals surface area contributed by atoms with Crippen molar-refractivity contribution in [3.8, 4) is 0 Å². The molecule has 0 saturated heterocycles. The molecule has 0 fully saturated rings. The molecule has 3 heteroatoms. The van der Waals surface area contributed by atoms with Gasteiger partial charge < -0.3 is 9.88 Å². The van der Waals surface area contributed by atoms with E-state index in [1.165, 1.54) is 22.2 Å². The van der Waals surface area contributed by atoms with Gasteiger partial charge in [0.05, 0.1) is 0 Å². The molecule has 3 aromatic rings. The smallest absolute Gasteiger partial charge is 0.139 e. The Morgan fingerprint density at radius 1 is 1.08 bits per heavy atom. The van der Waals surface area contributed by atoms with Crippen molar-refractivity contribution in [3.63, 3.8) is 0 Å². The molecule has 0 aliphatic carbocycles. The minimum Gasteiger partial charge on any atom is -0.367 e. The van der Waals surface area contributed by atoms with E-state index >= 15 is 0 Å². The summed E-state index contributed by atoms with van der Waals surface area (Å²) in [6.07, 6.45) is 8.45. The fourth-order valence-electron chi connectivity index (χ4n) is 3.70. The zero-order valence-electron chi connectivity index (χ0n) is 15.9. The normalized spacial score (nSPS) is 15.3. The first-order valence-corrected chi connectivity index (χ1v) is 9.45.